The van der Waals surface area contributed by atoms with Gasteiger partial charge < -0.3 is 9.47 Å². The molecule has 1 saturated carbocycles. The van der Waals surface area contributed by atoms with E-state index in [1.807, 2.05) is 0 Å². The van der Waals surface area contributed by atoms with Crippen molar-refractivity contribution in [3.63, 3.8) is 0 Å². The average molecular weight is 317 g/mol. The molecule has 2 aliphatic rings. The van der Waals surface area contributed by atoms with Crippen molar-refractivity contribution >= 4 is 21.4 Å². The fourth-order valence-electron chi connectivity index (χ4n) is 3.08. The van der Waals surface area contributed by atoms with Crippen LogP contribution in [-0.4, -0.2) is 51.2 Å². The fourth-order valence-corrected chi connectivity index (χ4v) is 5.84. The van der Waals surface area contributed by atoms with E-state index in [1.54, 1.807) is 28.9 Å². The van der Waals surface area contributed by atoms with Crippen LogP contribution in [0.2, 0.25) is 0 Å². The second-order valence-electron chi connectivity index (χ2n) is 5.20. The van der Waals surface area contributed by atoms with Crippen LogP contribution in [0.15, 0.2) is 21.7 Å². The van der Waals surface area contributed by atoms with Crippen LogP contribution < -0.4 is 0 Å². The van der Waals surface area contributed by atoms with Crippen LogP contribution in [0.3, 0.4) is 0 Å². The van der Waals surface area contributed by atoms with E-state index in [0.29, 0.717) is 23.8 Å². The number of hydrogen-bond donors (Lipinski definition) is 0. The first-order chi connectivity index (χ1) is 9.63. The minimum atomic E-state index is -3.40. The molecule has 3 rings (SSSR count). The van der Waals surface area contributed by atoms with Gasteiger partial charge in [0.1, 0.15) is 4.21 Å². The summed E-state index contributed by atoms with van der Waals surface area (Å²) >= 11 is 1.27. The summed E-state index contributed by atoms with van der Waals surface area (Å²) in [6.45, 7) is 0.904. The van der Waals surface area contributed by atoms with Gasteiger partial charge in [0.05, 0.1) is 24.9 Å². The molecule has 20 heavy (non-hydrogen) atoms. The maximum absolute atomic E-state index is 12.7. The Morgan fingerprint density at radius 3 is 3.00 bits per heavy atom. The standard InChI is InChI=1S/C13H19NO4S2/c1-17-10-4-5-12-11(9-10)14(6-7-18-12)20(15,16)13-3-2-8-19-13/h2-3,8,10-12H,4-7,9H2,1H3/t10-,11+,12-/m1/s1. The van der Waals surface area contributed by atoms with E-state index >= 15 is 0 Å². The first-order valence-electron chi connectivity index (χ1n) is 6.82. The lowest BCUT2D eigenvalue weighted by Crippen LogP contribution is -2.56. The Kier molecular flexibility index (Phi) is 4.14. The smallest absolute Gasteiger partial charge is 0.252 e. The summed E-state index contributed by atoms with van der Waals surface area (Å²) in [5.74, 6) is 0. The van der Waals surface area contributed by atoms with Gasteiger partial charge in [0.25, 0.3) is 10.0 Å². The van der Waals surface area contributed by atoms with Crippen molar-refractivity contribution in [1.29, 1.82) is 0 Å². The molecule has 1 saturated heterocycles. The summed E-state index contributed by atoms with van der Waals surface area (Å²) in [4.78, 5) is 0. The van der Waals surface area contributed by atoms with Crippen LogP contribution in [0.5, 0.6) is 0 Å². The third kappa shape index (κ3) is 2.53. The Bertz CT molecular complexity index is 543. The van der Waals surface area contributed by atoms with Crippen molar-refractivity contribution in [2.45, 2.75) is 41.7 Å². The predicted molar refractivity (Wildman–Crippen MR) is 76.4 cm³/mol. The van der Waals surface area contributed by atoms with Crippen LogP contribution in [0.25, 0.3) is 0 Å². The van der Waals surface area contributed by atoms with Crippen molar-refractivity contribution in [2.24, 2.45) is 0 Å². The van der Waals surface area contributed by atoms with Crippen molar-refractivity contribution < 1.29 is 17.9 Å². The number of ether oxygens (including phenoxy) is 2. The molecule has 0 aromatic carbocycles. The monoisotopic (exact) mass is 317 g/mol. The summed E-state index contributed by atoms with van der Waals surface area (Å²) in [6, 6.07) is 3.34. The van der Waals surface area contributed by atoms with Gasteiger partial charge in [0, 0.05) is 13.7 Å². The van der Waals surface area contributed by atoms with Crippen LogP contribution in [0.4, 0.5) is 0 Å². The Morgan fingerprint density at radius 2 is 2.30 bits per heavy atom. The molecule has 5 nitrogen and oxygen atoms in total. The number of nitrogens with zero attached hydrogens (tertiary/aromatic N) is 1. The maximum atomic E-state index is 12.7. The molecule has 1 aromatic heterocycles. The highest BCUT2D eigenvalue weighted by Gasteiger charge is 2.43. The molecule has 0 N–H and O–H groups in total. The maximum Gasteiger partial charge on any atom is 0.252 e. The molecule has 0 radical (unpaired) electrons. The Balaban J connectivity index is 1.88. The molecule has 2 heterocycles. The van der Waals surface area contributed by atoms with Gasteiger partial charge in [-0.15, -0.1) is 11.3 Å². The molecule has 112 valence electrons. The molecule has 3 atom stereocenters. The number of methoxy groups -OCH3 is 1. The number of thiophene rings is 1. The van der Waals surface area contributed by atoms with Gasteiger partial charge in [0.15, 0.2) is 0 Å². The molecule has 1 aliphatic carbocycles. The lowest BCUT2D eigenvalue weighted by atomic mass is 9.89. The lowest BCUT2D eigenvalue weighted by molar-refractivity contribution is -0.0883. The van der Waals surface area contributed by atoms with Gasteiger partial charge in [-0.2, -0.15) is 4.31 Å². The number of rotatable bonds is 3. The van der Waals surface area contributed by atoms with E-state index in [1.165, 1.54) is 11.3 Å². The molecule has 0 spiro atoms. The highest BCUT2D eigenvalue weighted by molar-refractivity contribution is 7.91. The molecule has 2 fully saturated rings. The fraction of sp³-hybridized carbons (Fsp3) is 0.692. The van der Waals surface area contributed by atoms with Gasteiger partial charge in [0.2, 0.25) is 0 Å². The molecule has 7 heteroatoms. The molecule has 1 aliphatic heterocycles. The Hall–Kier alpha value is -0.470. The number of hydrogen-bond acceptors (Lipinski definition) is 5. The molecular weight excluding hydrogens is 298 g/mol. The Morgan fingerprint density at radius 1 is 1.45 bits per heavy atom. The van der Waals surface area contributed by atoms with E-state index in [2.05, 4.69) is 0 Å². The van der Waals surface area contributed by atoms with Crippen LogP contribution in [0.1, 0.15) is 19.3 Å². The number of sulfonamides is 1. The quantitative estimate of drug-likeness (QED) is 0.851. The third-order valence-corrected chi connectivity index (χ3v) is 7.41. The van der Waals surface area contributed by atoms with E-state index in [-0.39, 0.29) is 18.2 Å². The van der Waals surface area contributed by atoms with Crippen molar-refractivity contribution in [3.05, 3.63) is 17.5 Å². The summed E-state index contributed by atoms with van der Waals surface area (Å²) in [5, 5.41) is 1.80. The molecule has 0 bridgehead atoms. The SMILES string of the molecule is CO[C@@H]1CC[C@H]2OCCN(S(=O)(=O)c3cccs3)[C@H]2C1. The number of morpholine rings is 1. The van der Waals surface area contributed by atoms with E-state index < -0.39 is 10.0 Å². The molecular formula is C13H19NO4S2. The lowest BCUT2D eigenvalue weighted by Gasteiger charge is -2.44. The minimum absolute atomic E-state index is 0.00453. The summed E-state index contributed by atoms with van der Waals surface area (Å²) in [5.41, 5.74) is 0. The van der Waals surface area contributed by atoms with Gasteiger partial charge in [-0.05, 0) is 30.7 Å². The zero-order valence-electron chi connectivity index (χ0n) is 11.4. The zero-order valence-corrected chi connectivity index (χ0v) is 13.0. The van der Waals surface area contributed by atoms with E-state index in [0.717, 1.165) is 12.8 Å². The van der Waals surface area contributed by atoms with Crippen molar-refractivity contribution in [3.8, 4) is 0 Å². The summed E-state index contributed by atoms with van der Waals surface area (Å²) in [6.07, 6.45) is 2.64. The zero-order chi connectivity index (χ0) is 14.2. The van der Waals surface area contributed by atoms with Crippen molar-refractivity contribution in [1.82, 2.24) is 4.31 Å². The van der Waals surface area contributed by atoms with Gasteiger partial charge in [-0.25, -0.2) is 8.42 Å². The van der Waals surface area contributed by atoms with Gasteiger partial charge in [-0.1, -0.05) is 6.07 Å². The summed E-state index contributed by atoms with van der Waals surface area (Å²) < 4.78 is 38.7. The highest BCUT2D eigenvalue weighted by atomic mass is 32.2. The average Bonchev–Trinajstić information content (AvgIpc) is 3.01. The first-order valence-corrected chi connectivity index (χ1v) is 9.14. The molecule has 0 amide bonds. The third-order valence-electron chi connectivity index (χ3n) is 4.11. The second-order valence-corrected chi connectivity index (χ2v) is 8.26. The van der Waals surface area contributed by atoms with E-state index in [9.17, 15) is 8.42 Å². The van der Waals surface area contributed by atoms with Crippen LogP contribution >= 0.6 is 11.3 Å². The summed E-state index contributed by atoms with van der Waals surface area (Å²) in [7, 11) is -1.72. The van der Waals surface area contributed by atoms with Crippen LogP contribution in [0, 0.1) is 0 Å². The highest BCUT2D eigenvalue weighted by Crippen LogP contribution is 2.34. The largest absolute Gasteiger partial charge is 0.381 e. The Labute approximate surface area is 123 Å². The number of fused-ring (bicyclic) bond motifs is 1. The normalized spacial score (nSPS) is 31.9. The topological polar surface area (TPSA) is 55.8 Å². The van der Waals surface area contributed by atoms with Gasteiger partial charge >= 0.3 is 0 Å². The van der Waals surface area contributed by atoms with Gasteiger partial charge in [-0.3, -0.25) is 0 Å². The second kappa shape index (κ2) is 5.73. The molecule has 0 unspecified atom stereocenters. The van der Waals surface area contributed by atoms with Crippen LogP contribution in [-0.2, 0) is 19.5 Å². The minimum Gasteiger partial charge on any atom is -0.381 e. The van der Waals surface area contributed by atoms with E-state index in [4.69, 9.17) is 9.47 Å². The van der Waals surface area contributed by atoms with Crippen molar-refractivity contribution in [2.75, 3.05) is 20.3 Å². The molecule has 1 aromatic rings. The first kappa shape index (κ1) is 14.5. The predicted octanol–water partition coefficient (Wildman–Crippen LogP) is 1.71.